The zero-order chi connectivity index (χ0) is 14.8. The summed E-state index contributed by atoms with van der Waals surface area (Å²) in [4.78, 5) is 11.2. The van der Waals surface area contributed by atoms with Crippen molar-refractivity contribution in [3.8, 4) is 0 Å². The topological polar surface area (TPSA) is 53.1 Å². The van der Waals surface area contributed by atoms with Gasteiger partial charge < -0.3 is 15.5 Å². The highest BCUT2D eigenvalue weighted by Gasteiger charge is 2.24. The molecule has 1 aromatic rings. The van der Waals surface area contributed by atoms with Crippen molar-refractivity contribution in [1.29, 1.82) is 0 Å². The molecule has 2 fully saturated rings. The predicted molar refractivity (Wildman–Crippen MR) is 87.6 cm³/mol. The fourth-order valence-corrected chi connectivity index (χ4v) is 3.34. The maximum absolute atomic E-state index is 6.27. The van der Waals surface area contributed by atoms with Gasteiger partial charge >= 0.3 is 0 Å². The standard InChI is InChI=1S/C14H21Cl2N5/c1-9-8-17-6-7-21(9)14-19-12(16)11(15)13(20-14)18-10-4-2-3-5-10/h9-10,17H,2-8H2,1H3,(H,18,19,20). The van der Waals surface area contributed by atoms with E-state index in [0.29, 0.717) is 34.0 Å². The molecule has 0 amide bonds. The van der Waals surface area contributed by atoms with Crippen LogP contribution in [0.4, 0.5) is 11.8 Å². The summed E-state index contributed by atoms with van der Waals surface area (Å²) in [7, 11) is 0. The Labute approximate surface area is 135 Å². The average Bonchev–Trinajstić information content (AvgIpc) is 2.97. The third-order valence-electron chi connectivity index (χ3n) is 4.25. The van der Waals surface area contributed by atoms with Gasteiger partial charge in [-0.1, -0.05) is 36.0 Å². The highest BCUT2D eigenvalue weighted by Crippen LogP contribution is 2.32. The quantitative estimate of drug-likeness (QED) is 0.835. The van der Waals surface area contributed by atoms with Gasteiger partial charge in [-0.05, 0) is 19.8 Å². The van der Waals surface area contributed by atoms with Crippen LogP contribution in [-0.4, -0.2) is 41.7 Å². The lowest BCUT2D eigenvalue weighted by Crippen LogP contribution is -2.50. The number of anilines is 2. The Morgan fingerprint density at radius 1 is 1.24 bits per heavy atom. The summed E-state index contributed by atoms with van der Waals surface area (Å²) in [6, 6.07) is 0.789. The zero-order valence-electron chi connectivity index (χ0n) is 12.2. The van der Waals surface area contributed by atoms with Crippen LogP contribution in [0.15, 0.2) is 0 Å². The number of hydrogen-bond acceptors (Lipinski definition) is 5. The SMILES string of the molecule is CC1CNCCN1c1nc(Cl)c(Cl)c(NC2CCCC2)n1. The summed E-state index contributed by atoms with van der Waals surface area (Å²) < 4.78 is 0. The minimum absolute atomic E-state index is 0.327. The van der Waals surface area contributed by atoms with Gasteiger partial charge in [-0.15, -0.1) is 0 Å². The molecule has 1 aromatic heterocycles. The van der Waals surface area contributed by atoms with Crippen LogP contribution in [0, 0.1) is 0 Å². The van der Waals surface area contributed by atoms with Crippen molar-refractivity contribution >= 4 is 35.0 Å². The molecule has 0 aromatic carbocycles. The van der Waals surface area contributed by atoms with Gasteiger partial charge in [0.1, 0.15) is 5.02 Å². The Balaban J connectivity index is 1.85. The zero-order valence-corrected chi connectivity index (χ0v) is 13.7. The monoisotopic (exact) mass is 329 g/mol. The van der Waals surface area contributed by atoms with E-state index in [4.69, 9.17) is 23.2 Å². The summed E-state index contributed by atoms with van der Waals surface area (Å²) in [5.74, 6) is 1.34. The number of aromatic nitrogens is 2. The number of piperazine rings is 1. The van der Waals surface area contributed by atoms with Crippen molar-refractivity contribution in [2.75, 3.05) is 29.9 Å². The van der Waals surface area contributed by atoms with Gasteiger partial charge in [0, 0.05) is 31.7 Å². The van der Waals surface area contributed by atoms with Crippen molar-refractivity contribution in [3.05, 3.63) is 10.2 Å². The maximum atomic E-state index is 6.27. The molecule has 1 unspecified atom stereocenters. The van der Waals surface area contributed by atoms with Crippen molar-refractivity contribution in [2.24, 2.45) is 0 Å². The lowest BCUT2D eigenvalue weighted by Gasteiger charge is -2.34. The first kappa shape index (κ1) is 15.1. The molecule has 0 radical (unpaired) electrons. The minimum Gasteiger partial charge on any atom is -0.366 e. The second kappa shape index (κ2) is 6.55. The molecular formula is C14H21Cl2N5. The van der Waals surface area contributed by atoms with E-state index in [-0.39, 0.29) is 0 Å². The van der Waals surface area contributed by atoms with E-state index >= 15 is 0 Å². The largest absolute Gasteiger partial charge is 0.366 e. The van der Waals surface area contributed by atoms with Gasteiger partial charge in [0.25, 0.3) is 0 Å². The highest BCUT2D eigenvalue weighted by molar-refractivity contribution is 6.42. The molecular weight excluding hydrogens is 309 g/mol. The molecule has 0 spiro atoms. The van der Waals surface area contributed by atoms with Crippen molar-refractivity contribution in [1.82, 2.24) is 15.3 Å². The van der Waals surface area contributed by atoms with Gasteiger partial charge in [-0.25, -0.2) is 0 Å². The Hall–Kier alpha value is -0.780. The number of halogens is 2. The molecule has 2 N–H and O–H groups in total. The van der Waals surface area contributed by atoms with E-state index < -0.39 is 0 Å². The molecule has 3 rings (SSSR count). The van der Waals surface area contributed by atoms with Gasteiger partial charge in [-0.2, -0.15) is 9.97 Å². The molecule has 116 valence electrons. The fraction of sp³-hybridized carbons (Fsp3) is 0.714. The van der Waals surface area contributed by atoms with Gasteiger partial charge in [0.2, 0.25) is 5.95 Å². The van der Waals surface area contributed by atoms with Crippen molar-refractivity contribution < 1.29 is 0 Å². The lowest BCUT2D eigenvalue weighted by atomic mass is 10.2. The molecule has 1 saturated heterocycles. The Morgan fingerprint density at radius 3 is 2.71 bits per heavy atom. The van der Waals surface area contributed by atoms with Crippen LogP contribution in [0.3, 0.4) is 0 Å². The smallest absolute Gasteiger partial charge is 0.229 e. The lowest BCUT2D eigenvalue weighted by molar-refractivity contribution is 0.493. The molecule has 0 bridgehead atoms. The fourth-order valence-electron chi connectivity index (χ4n) is 3.03. The van der Waals surface area contributed by atoms with Crippen molar-refractivity contribution in [3.63, 3.8) is 0 Å². The predicted octanol–water partition coefficient (Wildman–Crippen LogP) is 2.94. The molecule has 1 saturated carbocycles. The van der Waals surface area contributed by atoms with Crippen LogP contribution in [0.25, 0.3) is 0 Å². The summed E-state index contributed by atoms with van der Waals surface area (Å²) in [6.45, 7) is 4.89. The summed E-state index contributed by atoms with van der Waals surface area (Å²) in [5, 5.41) is 7.55. The molecule has 1 aliphatic heterocycles. The molecule has 2 heterocycles. The van der Waals surface area contributed by atoms with Gasteiger partial charge in [-0.3, -0.25) is 0 Å². The van der Waals surface area contributed by atoms with Crippen molar-refractivity contribution in [2.45, 2.75) is 44.7 Å². The first-order chi connectivity index (χ1) is 10.1. The minimum atomic E-state index is 0.327. The number of rotatable bonds is 3. The Kier molecular flexibility index (Phi) is 4.72. The Morgan fingerprint density at radius 2 is 2.00 bits per heavy atom. The number of nitrogens with one attached hydrogen (secondary N) is 2. The summed E-state index contributed by atoms with van der Waals surface area (Å²) in [5.41, 5.74) is 0. The van der Waals surface area contributed by atoms with Crippen LogP contribution in [-0.2, 0) is 0 Å². The molecule has 7 heteroatoms. The highest BCUT2D eigenvalue weighted by atomic mass is 35.5. The molecule has 5 nitrogen and oxygen atoms in total. The van der Waals surface area contributed by atoms with E-state index in [1.165, 1.54) is 12.8 Å². The van der Waals surface area contributed by atoms with E-state index in [9.17, 15) is 0 Å². The first-order valence-electron chi connectivity index (χ1n) is 7.62. The summed E-state index contributed by atoms with van der Waals surface area (Å²) >= 11 is 12.5. The van der Waals surface area contributed by atoms with E-state index in [2.05, 4.69) is 32.4 Å². The number of nitrogens with zero attached hydrogens (tertiary/aromatic N) is 3. The number of hydrogen-bond donors (Lipinski definition) is 2. The first-order valence-corrected chi connectivity index (χ1v) is 8.37. The van der Waals surface area contributed by atoms with Gasteiger partial charge in [0.15, 0.2) is 11.0 Å². The molecule has 2 aliphatic rings. The second-order valence-corrected chi connectivity index (χ2v) is 6.59. The van der Waals surface area contributed by atoms with Crippen LogP contribution < -0.4 is 15.5 Å². The van der Waals surface area contributed by atoms with E-state index in [1.807, 2.05) is 0 Å². The maximum Gasteiger partial charge on any atom is 0.229 e. The Bertz CT molecular complexity index is 504. The second-order valence-electron chi connectivity index (χ2n) is 5.85. The molecule has 21 heavy (non-hydrogen) atoms. The third kappa shape index (κ3) is 3.35. The average molecular weight is 330 g/mol. The molecule has 1 atom stereocenters. The van der Waals surface area contributed by atoms with Crippen LogP contribution in [0.5, 0.6) is 0 Å². The van der Waals surface area contributed by atoms with Crippen LogP contribution in [0.2, 0.25) is 10.2 Å². The third-order valence-corrected chi connectivity index (χ3v) is 4.98. The van der Waals surface area contributed by atoms with E-state index in [0.717, 1.165) is 32.5 Å². The van der Waals surface area contributed by atoms with E-state index in [1.54, 1.807) is 0 Å². The normalized spacial score (nSPS) is 23.6. The van der Waals surface area contributed by atoms with Crippen LogP contribution >= 0.6 is 23.2 Å². The van der Waals surface area contributed by atoms with Crippen LogP contribution in [0.1, 0.15) is 32.6 Å². The van der Waals surface area contributed by atoms with Gasteiger partial charge in [0.05, 0.1) is 0 Å². The summed E-state index contributed by atoms with van der Waals surface area (Å²) in [6.07, 6.45) is 4.85. The molecule has 1 aliphatic carbocycles.